The Balaban J connectivity index is 2.69. The molecule has 0 bridgehead atoms. The third-order valence-electron chi connectivity index (χ3n) is 1.53. The van der Waals surface area contributed by atoms with Crippen LogP contribution in [-0.4, -0.2) is 13.0 Å². The van der Waals surface area contributed by atoms with Gasteiger partial charge in [0.2, 0.25) is 5.91 Å². The summed E-state index contributed by atoms with van der Waals surface area (Å²) in [6.07, 6.45) is 0.230. The third kappa shape index (κ3) is 2.34. The van der Waals surface area contributed by atoms with Gasteiger partial charge in [0, 0.05) is 7.05 Å². The standard InChI is InChI=1S/C9H10FNO/c1-11-9(12)6-7-3-2-4-8(10)5-7/h2-5H,6H2,1H3,(H,11,12). The summed E-state index contributed by atoms with van der Waals surface area (Å²) in [5.74, 6) is -0.419. The van der Waals surface area contributed by atoms with Crippen molar-refractivity contribution in [2.75, 3.05) is 7.05 Å². The number of amides is 1. The molecule has 0 radical (unpaired) electrons. The summed E-state index contributed by atoms with van der Waals surface area (Å²) < 4.78 is 12.6. The van der Waals surface area contributed by atoms with Gasteiger partial charge in [-0.05, 0) is 17.7 Å². The van der Waals surface area contributed by atoms with Crippen molar-refractivity contribution in [3.8, 4) is 0 Å². The van der Waals surface area contributed by atoms with E-state index in [0.717, 1.165) is 0 Å². The molecule has 0 unspecified atom stereocenters. The van der Waals surface area contributed by atoms with Gasteiger partial charge in [0.05, 0.1) is 6.42 Å². The second-order valence-electron chi connectivity index (χ2n) is 2.48. The average molecular weight is 167 g/mol. The second kappa shape index (κ2) is 3.85. The van der Waals surface area contributed by atoms with Crippen LogP contribution in [0.3, 0.4) is 0 Å². The van der Waals surface area contributed by atoms with E-state index in [1.807, 2.05) is 0 Å². The van der Waals surface area contributed by atoms with Crippen LogP contribution in [0.25, 0.3) is 0 Å². The lowest BCUT2D eigenvalue weighted by atomic mass is 10.1. The van der Waals surface area contributed by atoms with Crippen molar-refractivity contribution in [1.82, 2.24) is 5.32 Å². The number of hydrogen-bond acceptors (Lipinski definition) is 1. The number of carbonyl (C=O) groups excluding carboxylic acids is 1. The van der Waals surface area contributed by atoms with Crippen molar-refractivity contribution in [3.63, 3.8) is 0 Å². The van der Waals surface area contributed by atoms with Crippen molar-refractivity contribution < 1.29 is 9.18 Å². The maximum atomic E-state index is 12.6. The van der Waals surface area contributed by atoms with Crippen molar-refractivity contribution >= 4 is 5.91 Å². The van der Waals surface area contributed by atoms with Gasteiger partial charge >= 0.3 is 0 Å². The number of halogens is 1. The zero-order valence-corrected chi connectivity index (χ0v) is 6.80. The molecule has 0 aliphatic carbocycles. The van der Waals surface area contributed by atoms with E-state index in [1.165, 1.54) is 12.1 Å². The van der Waals surface area contributed by atoms with Crippen LogP contribution in [0, 0.1) is 5.82 Å². The number of likely N-dealkylation sites (N-methyl/N-ethyl adjacent to an activating group) is 1. The Bertz CT molecular complexity index is 286. The molecule has 12 heavy (non-hydrogen) atoms. The molecule has 3 heteroatoms. The van der Waals surface area contributed by atoms with Gasteiger partial charge in [-0.1, -0.05) is 12.1 Å². The molecule has 2 nitrogen and oxygen atoms in total. The number of hydrogen-bond donors (Lipinski definition) is 1. The van der Waals surface area contributed by atoms with Gasteiger partial charge in [-0.3, -0.25) is 4.79 Å². The van der Waals surface area contributed by atoms with Crippen LogP contribution in [0.2, 0.25) is 0 Å². The first-order chi connectivity index (χ1) is 5.72. The lowest BCUT2D eigenvalue weighted by molar-refractivity contribution is -0.119. The third-order valence-corrected chi connectivity index (χ3v) is 1.53. The Morgan fingerprint density at radius 2 is 2.33 bits per heavy atom. The van der Waals surface area contributed by atoms with Crippen LogP contribution >= 0.6 is 0 Å². The number of rotatable bonds is 2. The van der Waals surface area contributed by atoms with Crippen molar-refractivity contribution in [1.29, 1.82) is 0 Å². The molecule has 0 spiro atoms. The van der Waals surface area contributed by atoms with E-state index in [9.17, 15) is 9.18 Å². The minimum Gasteiger partial charge on any atom is -0.359 e. The fourth-order valence-electron chi connectivity index (χ4n) is 0.921. The highest BCUT2D eigenvalue weighted by molar-refractivity contribution is 5.78. The largest absolute Gasteiger partial charge is 0.359 e. The first-order valence-corrected chi connectivity index (χ1v) is 3.67. The van der Waals surface area contributed by atoms with Gasteiger partial charge in [0.1, 0.15) is 5.82 Å². The van der Waals surface area contributed by atoms with Crippen LogP contribution in [0.1, 0.15) is 5.56 Å². The monoisotopic (exact) mass is 167 g/mol. The van der Waals surface area contributed by atoms with E-state index in [2.05, 4.69) is 5.32 Å². The molecule has 1 amide bonds. The predicted molar refractivity (Wildman–Crippen MR) is 44.2 cm³/mol. The summed E-state index contributed by atoms with van der Waals surface area (Å²) in [6.45, 7) is 0. The molecule has 1 aromatic rings. The normalized spacial score (nSPS) is 9.50. The summed E-state index contributed by atoms with van der Waals surface area (Å²) in [7, 11) is 1.56. The molecule has 0 heterocycles. The Kier molecular flexibility index (Phi) is 2.80. The van der Waals surface area contributed by atoms with Gasteiger partial charge in [-0.25, -0.2) is 4.39 Å². The molecule has 0 saturated carbocycles. The Morgan fingerprint density at radius 3 is 2.92 bits per heavy atom. The maximum Gasteiger partial charge on any atom is 0.224 e. The lowest BCUT2D eigenvalue weighted by Crippen LogP contribution is -2.19. The van der Waals surface area contributed by atoms with Crippen molar-refractivity contribution in [2.45, 2.75) is 6.42 Å². The fourth-order valence-corrected chi connectivity index (χ4v) is 0.921. The van der Waals surface area contributed by atoms with Crippen molar-refractivity contribution in [3.05, 3.63) is 35.6 Å². The van der Waals surface area contributed by atoms with Gasteiger partial charge in [0.25, 0.3) is 0 Å². The SMILES string of the molecule is CNC(=O)Cc1cccc(F)c1. The van der Waals surface area contributed by atoms with Gasteiger partial charge in [-0.2, -0.15) is 0 Å². The zero-order valence-electron chi connectivity index (χ0n) is 6.80. The molecule has 1 N–H and O–H groups in total. The highest BCUT2D eigenvalue weighted by Gasteiger charge is 2.00. The quantitative estimate of drug-likeness (QED) is 0.702. The Morgan fingerprint density at radius 1 is 1.58 bits per heavy atom. The number of carbonyl (C=O) groups is 1. The predicted octanol–water partition coefficient (Wildman–Crippen LogP) is 1.11. The summed E-state index contributed by atoms with van der Waals surface area (Å²) in [5, 5.41) is 2.47. The van der Waals surface area contributed by atoms with E-state index in [1.54, 1.807) is 19.2 Å². The minimum atomic E-state index is -0.309. The highest BCUT2D eigenvalue weighted by Crippen LogP contribution is 2.03. The molecular formula is C9H10FNO. The van der Waals surface area contributed by atoms with E-state index in [0.29, 0.717) is 5.56 Å². The highest BCUT2D eigenvalue weighted by atomic mass is 19.1. The van der Waals surface area contributed by atoms with Gasteiger partial charge < -0.3 is 5.32 Å². The molecule has 0 aromatic heterocycles. The van der Waals surface area contributed by atoms with E-state index < -0.39 is 0 Å². The summed E-state index contributed by atoms with van der Waals surface area (Å²) in [6, 6.07) is 6.02. The van der Waals surface area contributed by atoms with Crippen LogP contribution in [0.15, 0.2) is 24.3 Å². The average Bonchev–Trinajstić information content (AvgIpc) is 2.04. The molecule has 0 fully saturated rings. The molecule has 0 atom stereocenters. The van der Waals surface area contributed by atoms with Crippen LogP contribution in [-0.2, 0) is 11.2 Å². The molecule has 1 aromatic carbocycles. The summed E-state index contributed by atoms with van der Waals surface area (Å²) >= 11 is 0. The Hall–Kier alpha value is -1.38. The minimum absolute atomic E-state index is 0.111. The van der Waals surface area contributed by atoms with E-state index >= 15 is 0 Å². The van der Waals surface area contributed by atoms with Crippen molar-refractivity contribution in [2.24, 2.45) is 0 Å². The van der Waals surface area contributed by atoms with Gasteiger partial charge in [-0.15, -0.1) is 0 Å². The maximum absolute atomic E-state index is 12.6. The topological polar surface area (TPSA) is 29.1 Å². The van der Waals surface area contributed by atoms with Crippen LogP contribution in [0.5, 0.6) is 0 Å². The molecule has 0 aliphatic rings. The van der Waals surface area contributed by atoms with E-state index in [4.69, 9.17) is 0 Å². The molecule has 0 aliphatic heterocycles. The smallest absolute Gasteiger partial charge is 0.224 e. The summed E-state index contributed by atoms with van der Waals surface area (Å²) in [4.78, 5) is 10.9. The van der Waals surface area contributed by atoms with Crippen LogP contribution < -0.4 is 5.32 Å². The van der Waals surface area contributed by atoms with Gasteiger partial charge in [0.15, 0.2) is 0 Å². The number of nitrogens with one attached hydrogen (secondary N) is 1. The first kappa shape index (κ1) is 8.71. The fraction of sp³-hybridized carbons (Fsp3) is 0.222. The zero-order chi connectivity index (χ0) is 8.97. The summed E-state index contributed by atoms with van der Waals surface area (Å²) in [5.41, 5.74) is 0.689. The first-order valence-electron chi connectivity index (χ1n) is 3.67. The molecule has 0 saturated heterocycles. The molecular weight excluding hydrogens is 157 g/mol. The molecule has 64 valence electrons. The second-order valence-corrected chi connectivity index (χ2v) is 2.48. The number of benzene rings is 1. The lowest BCUT2D eigenvalue weighted by Gasteiger charge is -1.99. The van der Waals surface area contributed by atoms with E-state index in [-0.39, 0.29) is 18.1 Å². The molecule has 1 rings (SSSR count). The van der Waals surface area contributed by atoms with Crippen LogP contribution in [0.4, 0.5) is 4.39 Å². The Labute approximate surface area is 70.4 Å².